The number of hydrogen-bond donors (Lipinski definition) is 1. The van der Waals surface area contributed by atoms with Crippen molar-refractivity contribution in [2.75, 3.05) is 0 Å². The molecule has 0 aromatic carbocycles. The molecule has 0 aliphatic carbocycles. The lowest BCUT2D eigenvalue weighted by Gasteiger charge is -2.12. The molecule has 1 unspecified atom stereocenters. The van der Waals surface area contributed by atoms with Crippen LogP contribution >= 0.6 is 0 Å². The fraction of sp³-hybridized carbons (Fsp3) is 0.333. The van der Waals surface area contributed by atoms with Crippen molar-refractivity contribution >= 4 is 5.91 Å². The summed E-state index contributed by atoms with van der Waals surface area (Å²) in [6, 6.07) is 3.13. The van der Waals surface area contributed by atoms with Gasteiger partial charge in [0.2, 0.25) is 0 Å². The number of rotatable bonds is 3. The largest absolute Gasteiger partial charge is 0.459 e. The molecule has 5 nitrogen and oxygen atoms in total. The summed E-state index contributed by atoms with van der Waals surface area (Å²) in [5.41, 5.74) is 1.69. The van der Waals surface area contributed by atoms with Gasteiger partial charge >= 0.3 is 0 Å². The topological polar surface area (TPSA) is 68.3 Å². The molecule has 5 heteroatoms. The zero-order valence-electron chi connectivity index (χ0n) is 9.98. The summed E-state index contributed by atoms with van der Waals surface area (Å²) in [5.74, 6) is 0.765. The molecule has 2 aromatic rings. The molecule has 0 bridgehead atoms. The van der Waals surface area contributed by atoms with E-state index in [4.69, 9.17) is 8.94 Å². The SMILES string of the molecule is Cc1noc(C)c1C(C)NC(=O)c1ccco1. The first kappa shape index (κ1) is 11.4. The lowest BCUT2D eigenvalue weighted by Crippen LogP contribution is -2.26. The van der Waals surface area contributed by atoms with Gasteiger partial charge in [0.15, 0.2) is 5.76 Å². The van der Waals surface area contributed by atoms with Crippen LogP contribution < -0.4 is 5.32 Å². The van der Waals surface area contributed by atoms with Crippen molar-refractivity contribution in [2.45, 2.75) is 26.8 Å². The van der Waals surface area contributed by atoms with Crippen LogP contribution in [0.4, 0.5) is 0 Å². The number of nitrogens with zero attached hydrogens (tertiary/aromatic N) is 1. The van der Waals surface area contributed by atoms with E-state index >= 15 is 0 Å². The smallest absolute Gasteiger partial charge is 0.287 e. The highest BCUT2D eigenvalue weighted by Crippen LogP contribution is 2.21. The Hall–Kier alpha value is -2.04. The molecule has 2 aromatic heterocycles. The van der Waals surface area contributed by atoms with Crippen LogP contribution in [0.25, 0.3) is 0 Å². The second-order valence-electron chi connectivity index (χ2n) is 3.91. The third kappa shape index (κ3) is 2.22. The Kier molecular flexibility index (Phi) is 2.99. The molecular weight excluding hydrogens is 220 g/mol. The molecule has 2 rings (SSSR count). The summed E-state index contributed by atoms with van der Waals surface area (Å²) >= 11 is 0. The number of amides is 1. The van der Waals surface area contributed by atoms with E-state index < -0.39 is 0 Å². The third-order valence-electron chi connectivity index (χ3n) is 2.61. The Morgan fingerprint density at radius 3 is 2.76 bits per heavy atom. The number of aromatic nitrogens is 1. The molecule has 0 saturated heterocycles. The molecular formula is C12H14N2O3. The minimum absolute atomic E-state index is 0.168. The van der Waals surface area contributed by atoms with E-state index in [0.717, 1.165) is 17.0 Å². The van der Waals surface area contributed by atoms with Crippen LogP contribution in [-0.4, -0.2) is 11.1 Å². The lowest BCUT2D eigenvalue weighted by molar-refractivity contribution is 0.0911. The van der Waals surface area contributed by atoms with Crippen LogP contribution in [0.15, 0.2) is 27.3 Å². The second kappa shape index (κ2) is 4.45. The number of furan rings is 1. The van der Waals surface area contributed by atoms with E-state index in [1.165, 1.54) is 6.26 Å². The molecule has 0 saturated carbocycles. The fourth-order valence-electron chi connectivity index (χ4n) is 1.86. The van der Waals surface area contributed by atoms with Gasteiger partial charge in [0, 0.05) is 5.56 Å². The first-order valence-corrected chi connectivity index (χ1v) is 5.36. The molecule has 1 atom stereocenters. The van der Waals surface area contributed by atoms with Gasteiger partial charge in [-0.1, -0.05) is 5.16 Å². The molecule has 90 valence electrons. The van der Waals surface area contributed by atoms with Gasteiger partial charge in [-0.05, 0) is 32.9 Å². The lowest BCUT2D eigenvalue weighted by atomic mass is 10.1. The summed E-state index contributed by atoms with van der Waals surface area (Å²) in [6.45, 7) is 5.56. The van der Waals surface area contributed by atoms with E-state index in [2.05, 4.69) is 10.5 Å². The van der Waals surface area contributed by atoms with Gasteiger partial charge < -0.3 is 14.3 Å². The van der Waals surface area contributed by atoms with Crippen LogP contribution in [0.2, 0.25) is 0 Å². The highest BCUT2D eigenvalue weighted by Gasteiger charge is 2.19. The van der Waals surface area contributed by atoms with Gasteiger partial charge in [-0.15, -0.1) is 0 Å². The van der Waals surface area contributed by atoms with Crippen molar-refractivity contribution in [3.63, 3.8) is 0 Å². The molecule has 0 radical (unpaired) electrons. The quantitative estimate of drug-likeness (QED) is 0.885. The third-order valence-corrected chi connectivity index (χ3v) is 2.61. The first-order chi connectivity index (χ1) is 8.09. The minimum atomic E-state index is -0.248. The van der Waals surface area contributed by atoms with Crippen LogP contribution in [0, 0.1) is 13.8 Å². The molecule has 1 amide bonds. The Labute approximate surface area is 98.8 Å². The van der Waals surface area contributed by atoms with Crippen molar-refractivity contribution in [3.05, 3.63) is 41.2 Å². The number of aryl methyl sites for hydroxylation is 2. The molecule has 0 spiro atoms. The average Bonchev–Trinajstić information content (AvgIpc) is 2.88. The zero-order valence-corrected chi connectivity index (χ0v) is 9.98. The molecule has 17 heavy (non-hydrogen) atoms. The summed E-state index contributed by atoms with van der Waals surface area (Å²) in [4.78, 5) is 11.8. The maximum Gasteiger partial charge on any atom is 0.287 e. The predicted molar refractivity (Wildman–Crippen MR) is 60.6 cm³/mol. The van der Waals surface area contributed by atoms with Crippen molar-refractivity contribution in [1.29, 1.82) is 0 Å². The summed E-state index contributed by atoms with van der Waals surface area (Å²) in [6.07, 6.45) is 1.47. The van der Waals surface area contributed by atoms with Crippen LogP contribution in [0.3, 0.4) is 0 Å². The van der Waals surface area contributed by atoms with Gasteiger partial charge in [0.1, 0.15) is 5.76 Å². The normalized spacial score (nSPS) is 12.4. The van der Waals surface area contributed by atoms with Gasteiger partial charge in [-0.3, -0.25) is 4.79 Å². The van der Waals surface area contributed by atoms with Crippen LogP contribution in [0.1, 0.15) is 40.5 Å². The fourth-order valence-corrected chi connectivity index (χ4v) is 1.86. The van der Waals surface area contributed by atoms with Crippen LogP contribution in [0.5, 0.6) is 0 Å². The number of nitrogens with one attached hydrogen (secondary N) is 1. The highest BCUT2D eigenvalue weighted by molar-refractivity contribution is 5.91. The summed E-state index contributed by atoms with van der Waals surface area (Å²) in [5, 5.41) is 6.69. The second-order valence-corrected chi connectivity index (χ2v) is 3.91. The molecule has 2 heterocycles. The molecule has 0 fully saturated rings. The van der Waals surface area contributed by atoms with Gasteiger partial charge in [-0.2, -0.15) is 0 Å². The van der Waals surface area contributed by atoms with Gasteiger partial charge in [0.05, 0.1) is 18.0 Å². The Morgan fingerprint density at radius 1 is 1.47 bits per heavy atom. The molecule has 0 aliphatic heterocycles. The number of carbonyl (C=O) groups excluding carboxylic acids is 1. The first-order valence-electron chi connectivity index (χ1n) is 5.36. The summed E-state index contributed by atoms with van der Waals surface area (Å²) < 4.78 is 10.1. The van der Waals surface area contributed by atoms with Crippen molar-refractivity contribution in [1.82, 2.24) is 10.5 Å². The van der Waals surface area contributed by atoms with Gasteiger partial charge in [-0.25, -0.2) is 0 Å². The van der Waals surface area contributed by atoms with Gasteiger partial charge in [0.25, 0.3) is 5.91 Å². The zero-order chi connectivity index (χ0) is 12.4. The van der Waals surface area contributed by atoms with Crippen molar-refractivity contribution in [2.24, 2.45) is 0 Å². The Bertz CT molecular complexity index is 494. The Morgan fingerprint density at radius 2 is 2.24 bits per heavy atom. The molecule has 1 N–H and O–H groups in total. The minimum Gasteiger partial charge on any atom is -0.459 e. The van der Waals surface area contributed by atoms with E-state index in [-0.39, 0.29) is 11.9 Å². The average molecular weight is 234 g/mol. The maximum absolute atomic E-state index is 11.8. The van der Waals surface area contributed by atoms with Crippen LogP contribution in [-0.2, 0) is 0 Å². The van der Waals surface area contributed by atoms with E-state index in [0.29, 0.717) is 5.76 Å². The maximum atomic E-state index is 11.8. The summed E-state index contributed by atoms with van der Waals surface area (Å²) in [7, 11) is 0. The van der Waals surface area contributed by atoms with E-state index in [9.17, 15) is 4.79 Å². The number of carbonyl (C=O) groups is 1. The van der Waals surface area contributed by atoms with E-state index in [1.807, 2.05) is 20.8 Å². The Balaban J connectivity index is 2.12. The monoisotopic (exact) mass is 234 g/mol. The predicted octanol–water partition coefficient (Wildman–Crippen LogP) is 2.38. The van der Waals surface area contributed by atoms with Crippen molar-refractivity contribution in [3.8, 4) is 0 Å². The highest BCUT2D eigenvalue weighted by atomic mass is 16.5. The van der Waals surface area contributed by atoms with E-state index in [1.54, 1.807) is 12.1 Å². The van der Waals surface area contributed by atoms with Crippen molar-refractivity contribution < 1.29 is 13.7 Å². The molecule has 0 aliphatic rings. The standard InChI is InChI=1S/C12H14N2O3/c1-7(11-8(2)14-17-9(11)3)13-12(15)10-5-4-6-16-10/h4-7H,1-3H3,(H,13,15). The number of hydrogen-bond acceptors (Lipinski definition) is 4.